The van der Waals surface area contributed by atoms with Crippen molar-refractivity contribution in [1.82, 2.24) is 20.8 Å². The monoisotopic (exact) mass is 476 g/mol. The highest BCUT2D eigenvalue weighted by Gasteiger charge is 2.27. The number of rotatable bonds is 9. The minimum atomic E-state index is -0.861. The predicted octanol–water partition coefficient (Wildman–Crippen LogP) is 1.62. The van der Waals surface area contributed by atoms with Crippen molar-refractivity contribution < 1.29 is 24.0 Å². The molecule has 0 radical (unpaired) electrons. The van der Waals surface area contributed by atoms with E-state index in [2.05, 4.69) is 31.0 Å². The maximum absolute atomic E-state index is 12.2. The molecule has 2 aliphatic heterocycles. The van der Waals surface area contributed by atoms with Crippen LogP contribution in [0.2, 0.25) is 0 Å². The van der Waals surface area contributed by atoms with Crippen LogP contribution in [0.25, 0.3) is 11.4 Å². The lowest BCUT2D eigenvalue weighted by molar-refractivity contribution is -0.122. The Balaban J connectivity index is 1.06. The summed E-state index contributed by atoms with van der Waals surface area (Å²) in [4.78, 5) is 28.4. The first-order chi connectivity index (χ1) is 17.1. The second kappa shape index (κ2) is 10.0. The van der Waals surface area contributed by atoms with Gasteiger partial charge in [-0.05, 0) is 23.8 Å². The van der Waals surface area contributed by atoms with Crippen molar-refractivity contribution >= 4 is 11.8 Å². The highest BCUT2D eigenvalue weighted by atomic mass is 16.5. The van der Waals surface area contributed by atoms with Gasteiger partial charge in [0.05, 0.1) is 18.6 Å². The van der Waals surface area contributed by atoms with E-state index in [0.717, 1.165) is 23.3 Å². The van der Waals surface area contributed by atoms with Crippen molar-refractivity contribution in [2.45, 2.75) is 25.4 Å². The zero-order chi connectivity index (χ0) is 24.2. The van der Waals surface area contributed by atoms with E-state index in [9.17, 15) is 14.7 Å². The molecular weight excluding hydrogens is 452 g/mol. The number of aliphatic hydroxyl groups excluding tert-OH is 1. The van der Waals surface area contributed by atoms with E-state index in [-0.39, 0.29) is 37.7 Å². The SMILES string of the molecule is O=C(CCc1nc(-c2ccc3c(c2)CCO3)no1)NCC(O)CNC1=C2C=CC=CC2C(=O)N=N1. The van der Waals surface area contributed by atoms with Gasteiger partial charge in [0.2, 0.25) is 17.6 Å². The van der Waals surface area contributed by atoms with Crippen molar-refractivity contribution in [3.05, 3.63) is 65.4 Å². The Kier molecular flexibility index (Phi) is 6.49. The quantitative estimate of drug-likeness (QED) is 0.494. The summed E-state index contributed by atoms with van der Waals surface area (Å²) >= 11 is 0. The van der Waals surface area contributed by atoms with Gasteiger partial charge in [-0.15, -0.1) is 10.2 Å². The number of aryl methyl sites for hydroxylation is 1. The van der Waals surface area contributed by atoms with Crippen molar-refractivity contribution in [2.24, 2.45) is 16.1 Å². The number of allylic oxidation sites excluding steroid dienone is 3. The number of hydrogen-bond donors (Lipinski definition) is 3. The van der Waals surface area contributed by atoms with Gasteiger partial charge in [0.1, 0.15) is 5.75 Å². The highest BCUT2D eigenvalue weighted by molar-refractivity contribution is 5.86. The number of aromatic nitrogens is 2. The smallest absolute Gasteiger partial charge is 0.276 e. The van der Waals surface area contributed by atoms with Gasteiger partial charge in [0.25, 0.3) is 5.91 Å². The molecule has 5 rings (SSSR count). The molecule has 3 heterocycles. The van der Waals surface area contributed by atoms with Gasteiger partial charge >= 0.3 is 0 Å². The van der Waals surface area contributed by atoms with E-state index in [1.54, 1.807) is 18.2 Å². The first kappa shape index (κ1) is 22.7. The summed E-state index contributed by atoms with van der Waals surface area (Å²) in [5, 5.41) is 27.5. The van der Waals surface area contributed by atoms with Gasteiger partial charge in [0.15, 0.2) is 5.82 Å². The molecule has 2 unspecified atom stereocenters. The molecule has 1 aromatic carbocycles. The number of ether oxygens (including phenoxy) is 1. The molecule has 0 fully saturated rings. The fourth-order valence-electron chi connectivity index (χ4n) is 3.97. The van der Waals surface area contributed by atoms with Crippen LogP contribution in [0.1, 0.15) is 17.9 Å². The predicted molar refractivity (Wildman–Crippen MR) is 123 cm³/mol. The number of carbonyl (C=O) groups is 2. The second-order valence-corrected chi connectivity index (χ2v) is 8.34. The van der Waals surface area contributed by atoms with E-state index in [4.69, 9.17) is 9.26 Å². The van der Waals surface area contributed by atoms with E-state index in [1.165, 1.54) is 0 Å². The molecule has 0 saturated heterocycles. The molecule has 0 bridgehead atoms. The third kappa shape index (κ3) is 5.19. The zero-order valence-corrected chi connectivity index (χ0v) is 18.8. The number of nitrogens with zero attached hydrogens (tertiary/aromatic N) is 4. The third-order valence-electron chi connectivity index (χ3n) is 5.84. The van der Waals surface area contributed by atoms with Crippen molar-refractivity contribution in [3.8, 4) is 17.1 Å². The van der Waals surface area contributed by atoms with Crippen LogP contribution in [-0.2, 0) is 22.4 Å². The summed E-state index contributed by atoms with van der Waals surface area (Å²) in [6.45, 7) is 0.863. The number of carbonyl (C=O) groups excluding carboxylic acids is 2. The Hall–Kier alpha value is -4.12. The summed E-state index contributed by atoms with van der Waals surface area (Å²) in [5.74, 6) is 1.12. The van der Waals surface area contributed by atoms with Crippen LogP contribution in [0.15, 0.2) is 68.6 Å². The molecule has 180 valence electrons. The van der Waals surface area contributed by atoms with Crippen molar-refractivity contribution in [2.75, 3.05) is 19.7 Å². The van der Waals surface area contributed by atoms with Gasteiger partial charge in [-0.2, -0.15) is 4.98 Å². The van der Waals surface area contributed by atoms with Gasteiger partial charge in [-0.25, -0.2) is 0 Å². The van der Waals surface area contributed by atoms with Crippen molar-refractivity contribution in [3.63, 3.8) is 0 Å². The number of aliphatic hydroxyl groups is 1. The molecule has 3 N–H and O–H groups in total. The summed E-state index contributed by atoms with van der Waals surface area (Å²) < 4.78 is 10.8. The van der Waals surface area contributed by atoms with E-state index < -0.39 is 12.0 Å². The fraction of sp³-hybridized carbons (Fsp3) is 0.333. The Labute approximate surface area is 200 Å². The Morgan fingerprint density at radius 2 is 2.14 bits per heavy atom. The standard InChI is InChI=1S/C24H24N6O5/c31-16(13-26-23-17-3-1-2-4-18(17)24(33)29-28-23)12-25-20(32)7-8-21-27-22(30-35-21)15-5-6-19-14(11-15)9-10-34-19/h1-6,11,16,18,26,31H,7-10,12-13H2,(H,25,32). The number of benzene rings is 1. The van der Waals surface area contributed by atoms with Gasteiger partial charge in [0, 0.05) is 43.5 Å². The number of fused-ring (bicyclic) bond motifs is 2. The topological polar surface area (TPSA) is 151 Å². The van der Waals surface area contributed by atoms with Crippen molar-refractivity contribution in [1.29, 1.82) is 0 Å². The van der Waals surface area contributed by atoms with E-state index in [1.807, 2.05) is 24.3 Å². The van der Waals surface area contributed by atoms with Crippen LogP contribution in [0.4, 0.5) is 0 Å². The van der Waals surface area contributed by atoms with Crippen LogP contribution in [0.5, 0.6) is 5.75 Å². The molecule has 11 heteroatoms. The molecule has 2 amide bonds. The van der Waals surface area contributed by atoms with Crippen LogP contribution in [0, 0.1) is 5.92 Å². The van der Waals surface area contributed by atoms with Gasteiger partial charge in [-0.1, -0.05) is 29.5 Å². The third-order valence-corrected chi connectivity index (χ3v) is 5.84. The van der Waals surface area contributed by atoms with Crippen LogP contribution in [-0.4, -0.2) is 52.9 Å². The van der Waals surface area contributed by atoms with E-state index in [0.29, 0.717) is 29.7 Å². The summed E-state index contributed by atoms with van der Waals surface area (Å²) in [6, 6.07) is 5.77. The summed E-state index contributed by atoms with van der Waals surface area (Å²) in [7, 11) is 0. The highest BCUT2D eigenvalue weighted by Crippen LogP contribution is 2.29. The Morgan fingerprint density at radius 3 is 3.06 bits per heavy atom. The minimum Gasteiger partial charge on any atom is -0.493 e. The number of nitrogens with one attached hydrogen (secondary N) is 2. The largest absolute Gasteiger partial charge is 0.493 e. The average Bonchev–Trinajstić information content (AvgIpc) is 3.55. The molecule has 35 heavy (non-hydrogen) atoms. The number of amides is 2. The molecule has 1 aliphatic carbocycles. The first-order valence-corrected chi connectivity index (χ1v) is 11.4. The lowest BCUT2D eigenvalue weighted by atomic mass is 9.93. The molecular formula is C24H24N6O5. The van der Waals surface area contributed by atoms with Gasteiger partial charge in [-0.3, -0.25) is 9.59 Å². The molecule has 3 aliphatic rings. The van der Waals surface area contributed by atoms with Crippen LogP contribution >= 0.6 is 0 Å². The molecule has 11 nitrogen and oxygen atoms in total. The lowest BCUT2D eigenvalue weighted by Gasteiger charge is -2.21. The molecule has 0 spiro atoms. The number of azo groups is 1. The zero-order valence-electron chi connectivity index (χ0n) is 18.8. The maximum atomic E-state index is 12.2. The van der Waals surface area contributed by atoms with Gasteiger partial charge < -0.3 is 25.0 Å². The normalized spacial score (nSPS) is 18.8. The lowest BCUT2D eigenvalue weighted by Crippen LogP contribution is -2.38. The molecule has 1 aromatic heterocycles. The summed E-state index contributed by atoms with van der Waals surface area (Å²) in [5.41, 5.74) is 2.66. The Morgan fingerprint density at radius 1 is 1.23 bits per heavy atom. The Bertz CT molecular complexity index is 1260. The average molecular weight is 476 g/mol. The fourth-order valence-corrected chi connectivity index (χ4v) is 3.97. The summed E-state index contributed by atoms with van der Waals surface area (Å²) in [6.07, 6.45) is 7.56. The molecule has 0 saturated carbocycles. The molecule has 2 aromatic rings. The van der Waals surface area contributed by atoms with Crippen LogP contribution in [0.3, 0.4) is 0 Å². The second-order valence-electron chi connectivity index (χ2n) is 8.34. The first-order valence-electron chi connectivity index (χ1n) is 11.4. The maximum Gasteiger partial charge on any atom is 0.276 e. The number of hydrogen-bond acceptors (Lipinski definition) is 9. The van der Waals surface area contributed by atoms with E-state index >= 15 is 0 Å². The molecule has 2 atom stereocenters. The van der Waals surface area contributed by atoms with Crippen LogP contribution < -0.4 is 15.4 Å². The minimum absolute atomic E-state index is 0.0516.